The number of H-pyrrole nitrogens is 1. The smallest absolute Gasteiger partial charge is 0.261 e. The molecule has 124 valence electrons. The van der Waals surface area contributed by atoms with Crippen molar-refractivity contribution < 1.29 is 4.79 Å². The predicted molar refractivity (Wildman–Crippen MR) is 93.3 cm³/mol. The van der Waals surface area contributed by atoms with E-state index in [0.717, 1.165) is 18.4 Å². The summed E-state index contributed by atoms with van der Waals surface area (Å²) in [6.07, 6.45) is 8.28. The number of fused-ring (bicyclic) bond motifs is 1. The number of rotatable bonds is 2. The lowest BCUT2D eigenvalue weighted by atomic mass is 9.96. The van der Waals surface area contributed by atoms with Crippen molar-refractivity contribution in [2.45, 2.75) is 64.8 Å². The molecule has 3 rings (SSSR count). The number of carbonyl (C=O) groups excluding carboxylic acids is 1. The summed E-state index contributed by atoms with van der Waals surface area (Å²) in [6, 6.07) is 0.250. The number of amides is 1. The van der Waals surface area contributed by atoms with Gasteiger partial charge < -0.3 is 10.3 Å². The summed E-state index contributed by atoms with van der Waals surface area (Å²) in [5, 5.41) is 3.72. The number of thiophene rings is 1. The first-order valence-electron chi connectivity index (χ1n) is 8.37. The molecule has 6 heteroatoms. The molecule has 5 nitrogen and oxygen atoms in total. The second kappa shape index (κ2) is 6.83. The first-order valence-corrected chi connectivity index (χ1v) is 9.19. The molecular weight excluding hydrogens is 310 g/mol. The zero-order chi connectivity index (χ0) is 16.4. The molecule has 0 saturated heterocycles. The largest absolute Gasteiger partial charge is 0.349 e. The van der Waals surface area contributed by atoms with Crippen molar-refractivity contribution in [1.29, 1.82) is 0 Å². The Bertz CT molecular complexity index is 770. The maximum Gasteiger partial charge on any atom is 0.261 e. The number of hydrogen-bond donors (Lipinski definition) is 2. The molecule has 0 aliphatic heterocycles. The topological polar surface area (TPSA) is 74.8 Å². The molecule has 1 saturated carbocycles. The lowest BCUT2D eigenvalue weighted by Gasteiger charge is -2.20. The van der Waals surface area contributed by atoms with Gasteiger partial charge in [0.2, 0.25) is 0 Å². The van der Waals surface area contributed by atoms with Crippen LogP contribution in [0, 0.1) is 13.8 Å². The Labute approximate surface area is 139 Å². The number of aromatic nitrogens is 2. The lowest BCUT2D eigenvalue weighted by molar-refractivity contribution is 0.0934. The highest BCUT2D eigenvalue weighted by atomic mass is 32.1. The van der Waals surface area contributed by atoms with Crippen LogP contribution in [0.4, 0.5) is 0 Å². The molecular formula is C17H23N3O2S. The first-order chi connectivity index (χ1) is 11.1. The highest BCUT2D eigenvalue weighted by Crippen LogP contribution is 2.27. The van der Waals surface area contributed by atoms with Crippen LogP contribution in [0.25, 0.3) is 10.2 Å². The zero-order valence-electron chi connectivity index (χ0n) is 13.7. The number of nitrogens with one attached hydrogen (secondary N) is 2. The van der Waals surface area contributed by atoms with E-state index < -0.39 is 0 Å². The van der Waals surface area contributed by atoms with Gasteiger partial charge in [-0.25, -0.2) is 4.98 Å². The van der Waals surface area contributed by atoms with E-state index in [1.165, 1.54) is 43.4 Å². The highest BCUT2D eigenvalue weighted by molar-refractivity contribution is 7.20. The van der Waals surface area contributed by atoms with Gasteiger partial charge in [-0.15, -0.1) is 11.3 Å². The minimum atomic E-state index is -0.161. The van der Waals surface area contributed by atoms with Crippen LogP contribution in [0.1, 0.15) is 66.0 Å². The Kier molecular flexibility index (Phi) is 4.80. The molecule has 1 amide bonds. The van der Waals surface area contributed by atoms with Gasteiger partial charge in [-0.2, -0.15) is 0 Å². The van der Waals surface area contributed by atoms with Crippen LogP contribution in [0.5, 0.6) is 0 Å². The Morgan fingerprint density at radius 2 is 1.83 bits per heavy atom. The summed E-state index contributed by atoms with van der Waals surface area (Å²) in [5.41, 5.74) is 0.577. The standard InChI is InChI=1S/C17H23N3O2S/c1-10-13-15(21)18-11(2)19-17(13)23-14(10)16(22)20-12-8-6-4-3-5-7-9-12/h12H,3-9H2,1-2H3,(H,20,22)(H,18,19,21). The van der Waals surface area contributed by atoms with E-state index in [2.05, 4.69) is 15.3 Å². The van der Waals surface area contributed by atoms with Gasteiger partial charge in [-0.1, -0.05) is 32.1 Å². The van der Waals surface area contributed by atoms with E-state index in [9.17, 15) is 9.59 Å². The molecule has 1 fully saturated rings. The molecule has 0 bridgehead atoms. The average Bonchev–Trinajstić information content (AvgIpc) is 2.78. The fraction of sp³-hybridized carbons (Fsp3) is 0.588. The summed E-state index contributed by atoms with van der Waals surface area (Å²) in [5.74, 6) is 0.517. The monoisotopic (exact) mass is 333 g/mol. The number of aryl methyl sites for hydroxylation is 2. The minimum absolute atomic E-state index is 0.0619. The van der Waals surface area contributed by atoms with Crippen molar-refractivity contribution in [3.8, 4) is 0 Å². The van der Waals surface area contributed by atoms with Gasteiger partial charge >= 0.3 is 0 Å². The number of hydrogen-bond acceptors (Lipinski definition) is 4. The quantitative estimate of drug-likeness (QED) is 0.884. The van der Waals surface area contributed by atoms with Crippen LogP contribution >= 0.6 is 11.3 Å². The van der Waals surface area contributed by atoms with Crippen LogP contribution in [0.15, 0.2) is 4.79 Å². The summed E-state index contributed by atoms with van der Waals surface area (Å²) < 4.78 is 0. The third-order valence-corrected chi connectivity index (χ3v) is 5.75. The van der Waals surface area contributed by atoms with E-state index in [4.69, 9.17) is 0 Å². The predicted octanol–water partition coefficient (Wildman–Crippen LogP) is 3.44. The SMILES string of the molecule is Cc1nc2sc(C(=O)NC3CCCCCCC3)c(C)c2c(=O)[nH]1. The molecule has 0 aromatic carbocycles. The van der Waals surface area contributed by atoms with E-state index >= 15 is 0 Å². The van der Waals surface area contributed by atoms with Gasteiger partial charge in [-0.3, -0.25) is 9.59 Å². The molecule has 1 aliphatic carbocycles. The van der Waals surface area contributed by atoms with Crippen molar-refractivity contribution in [1.82, 2.24) is 15.3 Å². The molecule has 0 unspecified atom stereocenters. The zero-order valence-corrected chi connectivity index (χ0v) is 14.5. The van der Waals surface area contributed by atoms with Crippen molar-refractivity contribution in [2.24, 2.45) is 0 Å². The van der Waals surface area contributed by atoms with Crippen LogP contribution in [-0.4, -0.2) is 21.9 Å². The van der Waals surface area contributed by atoms with Gasteiger partial charge in [0.1, 0.15) is 10.7 Å². The molecule has 2 aromatic heterocycles. The van der Waals surface area contributed by atoms with Gasteiger partial charge in [0.05, 0.1) is 10.3 Å². The van der Waals surface area contributed by atoms with Gasteiger partial charge in [0, 0.05) is 6.04 Å². The summed E-state index contributed by atoms with van der Waals surface area (Å²) >= 11 is 1.32. The normalized spacial score (nSPS) is 17.0. The number of nitrogens with zero attached hydrogens (tertiary/aromatic N) is 1. The maximum atomic E-state index is 12.7. The number of carbonyl (C=O) groups is 1. The minimum Gasteiger partial charge on any atom is -0.349 e. The Hall–Kier alpha value is -1.69. The molecule has 0 spiro atoms. The van der Waals surface area contributed by atoms with Crippen LogP contribution in [0.3, 0.4) is 0 Å². The third-order valence-electron chi connectivity index (χ3n) is 4.57. The lowest BCUT2D eigenvalue weighted by Crippen LogP contribution is -2.35. The second-order valence-electron chi connectivity index (χ2n) is 6.40. The molecule has 23 heavy (non-hydrogen) atoms. The van der Waals surface area contributed by atoms with E-state index in [0.29, 0.717) is 20.9 Å². The fourth-order valence-corrected chi connectivity index (χ4v) is 4.45. The summed E-state index contributed by atoms with van der Waals surface area (Å²) in [4.78, 5) is 33.1. The average molecular weight is 333 g/mol. The van der Waals surface area contributed by atoms with E-state index in [1.807, 2.05) is 6.92 Å². The molecule has 2 N–H and O–H groups in total. The molecule has 2 heterocycles. The third kappa shape index (κ3) is 3.47. The van der Waals surface area contributed by atoms with Crippen LogP contribution in [-0.2, 0) is 0 Å². The second-order valence-corrected chi connectivity index (χ2v) is 7.40. The van der Waals surface area contributed by atoms with Crippen LogP contribution in [0.2, 0.25) is 0 Å². The Morgan fingerprint density at radius 1 is 1.17 bits per heavy atom. The highest BCUT2D eigenvalue weighted by Gasteiger charge is 2.21. The van der Waals surface area contributed by atoms with Crippen molar-refractivity contribution in [2.75, 3.05) is 0 Å². The Balaban J connectivity index is 1.84. The number of aromatic amines is 1. The maximum absolute atomic E-state index is 12.7. The van der Waals surface area contributed by atoms with Gasteiger partial charge in [0.15, 0.2) is 0 Å². The molecule has 1 aliphatic rings. The molecule has 0 radical (unpaired) electrons. The summed E-state index contributed by atoms with van der Waals surface area (Å²) in [6.45, 7) is 3.59. The fourth-order valence-electron chi connectivity index (χ4n) is 3.32. The van der Waals surface area contributed by atoms with Gasteiger partial charge in [-0.05, 0) is 32.3 Å². The first kappa shape index (κ1) is 16.2. The van der Waals surface area contributed by atoms with E-state index in [-0.39, 0.29) is 17.5 Å². The summed E-state index contributed by atoms with van der Waals surface area (Å²) in [7, 11) is 0. The molecule has 0 atom stereocenters. The van der Waals surface area contributed by atoms with Crippen molar-refractivity contribution in [3.63, 3.8) is 0 Å². The van der Waals surface area contributed by atoms with Crippen molar-refractivity contribution >= 4 is 27.5 Å². The van der Waals surface area contributed by atoms with E-state index in [1.54, 1.807) is 6.92 Å². The Morgan fingerprint density at radius 3 is 2.52 bits per heavy atom. The van der Waals surface area contributed by atoms with Crippen LogP contribution < -0.4 is 10.9 Å². The van der Waals surface area contributed by atoms with Crippen molar-refractivity contribution in [3.05, 3.63) is 26.6 Å². The molecule has 2 aromatic rings. The van der Waals surface area contributed by atoms with Gasteiger partial charge in [0.25, 0.3) is 11.5 Å².